The molecule has 164 valence electrons. The standard InChI is InChI=1S/C19H22F3N5OS.HI/c1-2-23-18(24-9-16-26-15(12-29-16)19(20,21)22)25-10-17(28)27-8-7-13-5-3-4-6-14(13)11-27;/h3-6,12H,2,7-11H2,1H3,(H2,23,24,25);1H. The summed E-state index contributed by atoms with van der Waals surface area (Å²) < 4.78 is 37.9. The predicted octanol–water partition coefficient (Wildman–Crippen LogP) is 3.42. The second-order valence-corrected chi connectivity index (χ2v) is 7.45. The van der Waals surface area contributed by atoms with Crippen LogP contribution in [-0.4, -0.2) is 41.4 Å². The van der Waals surface area contributed by atoms with Gasteiger partial charge in [-0.25, -0.2) is 9.98 Å². The molecule has 2 aromatic rings. The number of rotatable bonds is 5. The van der Waals surface area contributed by atoms with Gasteiger partial charge in [0.15, 0.2) is 11.7 Å². The van der Waals surface area contributed by atoms with E-state index in [1.807, 2.05) is 25.1 Å². The van der Waals surface area contributed by atoms with Crippen LogP contribution >= 0.6 is 35.3 Å². The topological polar surface area (TPSA) is 69.6 Å². The van der Waals surface area contributed by atoms with Gasteiger partial charge in [-0.1, -0.05) is 24.3 Å². The van der Waals surface area contributed by atoms with Gasteiger partial charge < -0.3 is 15.5 Å². The maximum atomic E-state index is 12.6. The Labute approximate surface area is 194 Å². The van der Waals surface area contributed by atoms with Crippen LogP contribution in [0.15, 0.2) is 34.6 Å². The van der Waals surface area contributed by atoms with Gasteiger partial charge in [0.25, 0.3) is 0 Å². The van der Waals surface area contributed by atoms with E-state index in [2.05, 4.69) is 26.7 Å². The van der Waals surface area contributed by atoms with Crippen LogP contribution in [0.5, 0.6) is 0 Å². The maximum absolute atomic E-state index is 12.6. The molecule has 6 nitrogen and oxygen atoms in total. The summed E-state index contributed by atoms with van der Waals surface area (Å²) in [6.45, 7) is 3.69. The molecule has 30 heavy (non-hydrogen) atoms. The fourth-order valence-corrected chi connectivity index (χ4v) is 3.72. The second-order valence-electron chi connectivity index (χ2n) is 6.51. The monoisotopic (exact) mass is 553 g/mol. The van der Waals surface area contributed by atoms with E-state index in [-0.39, 0.29) is 43.0 Å². The third-order valence-electron chi connectivity index (χ3n) is 4.45. The van der Waals surface area contributed by atoms with Gasteiger partial charge in [-0.15, -0.1) is 35.3 Å². The van der Waals surface area contributed by atoms with Gasteiger partial charge >= 0.3 is 6.18 Å². The van der Waals surface area contributed by atoms with Gasteiger partial charge in [-0.05, 0) is 24.5 Å². The predicted molar refractivity (Wildman–Crippen MR) is 121 cm³/mol. The maximum Gasteiger partial charge on any atom is 0.434 e. The van der Waals surface area contributed by atoms with Crippen LogP contribution < -0.4 is 10.6 Å². The summed E-state index contributed by atoms with van der Waals surface area (Å²) in [7, 11) is 0. The summed E-state index contributed by atoms with van der Waals surface area (Å²) in [4.78, 5) is 22.2. The molecule has 0 saturated heterocycles. The van der Waals surface area contributed by atoms with Gasteiger partial charge in [0.05, 0.1) is 6.54 Å². The first-order chi connectivity index (χ1) is 13.9. The van der Waals surface area contributed by atoms with E-state index in [0.717, 1.165) is 28.7 Å². The highest BCUT2D eigenvalue weighted by Crippen LogP contribution is 2.29. The number of carbonyl (C=O) groups excluding carboxylic acids is 1. The summed E-state index contributed by atoms with van der Waals surface area (Å²) in [5, 5.41) is 7.19. The number of nitrogens with one attached hydrogen (secondary N) is 2. The van der Waals surface area contributed by atoms with Crippen molar-refractivity contribution in [1.29, 1.82) is 0 Å². The van der Waals surface area contributed by atoms with Gasteiger partial charge in [-0.3, -0.25) is 4.79 Å². The molecule has 1 aromatic carbocycles. The zero-order valence-electron chi connectivity index (χ0n) is 16.3. The Morgan fingerprint density at radius 1 is 1.27 bits per heavy atom. The number of alkyl halides is 3. The molecule has 0 bridgehead atoms. The number of halogens is 4. The number of benzene rings is 1. The van der Waals surface area contributed by atoms with E-state index < -0.39 is 11.9 Å². The molecule has 1 aliphatic heterocycles. The van der Waals surface area contributed by atoms with Crippen LogP contribution in [0.1, 0.15) is 28.8 Å². The van der Waals surface area contributed by atoms with Crippen LogP contribution in [0.2, 0.25) is 0 Å². The zero-order valence-corrected chi connectivity index (χ0v) is 19.5. The Morgan fingerprint density at radius 3 is 2.67 bits per heavy atom. The fraction of sp³-hybridized carbons (Fsp3) is 0.421. The number of aromatic nitrogens is 1. The van der Waals surface area contributed by atoms with Crippen LogP contribution in [-0.2, 0) is 30.5 Å². The Hall–Kier alpha value is -1.89. The number of hydrogen-bond acceptors (Lipinski definition) is 4. The van der Waals surface area contributed by atoms with Crippen molar-refractivity contribution in [3.63, 3.8) is 0 Å². The number of fused-ring (bicyclic) bond motifs is 1. The summed E-state index contributed by atoms with van der Waals surface area (Å²) in [5.74, 6) is 0.271. The molecule has 2 heterocycles. The molecule has 1 aromatic heterocycles. The number of aliphatic imine (C=N–C) groups is 1. The lowest BCUT2D eigenvalue weighted by Crippen LogP contribution is -2.40. The molecule has 11 heteroatoms. The van der Waals surface area contributed by atoms with Crippen LogP contribution in [0.4, 0.5) is 13.2 Å². The molecule has 0 unspecified atom stereocenters. The number of nitrogens with zero attached hydrogens (tertiary/aromatic N) is 3. The molecule has 1 amide bonds. The van der Waals surface area contributed by atoms with Crippen molar-refractivity contribution < 1.29 is 18.0 Å². The van der Waals surface area contributed by atoms with Crippen molar-refractivity contribution >= 4 is 47.2 Å². The fourth-order valence-electron chi connectivity index (χ4n) is 2.98. The first-order valence-corrected chi connectivity index (χ1v) is 10.1. The van der Waals surface area contributed by atoms with E-state index >= 15 is 0 Å². The molecule has 0 spiro atoms. The SMILES string of the molecule is CCNC(=NCC(=O)N1CCc2ccccc2C1)NCc1nc(C(F)(F)F)cs1.I. The highest BCUT2D eigenvalue weighted by molar-refractivity contribution is 14.0. The van der Waals surface area contributed by atoms with Crippen LogP contribution in [0.25, 0.3) is 0 Å². The van der Waals surface area contributed by atoms with Crippen LogP contribution in [0.3, 0.4) is 0 Å². The molecule has 3 rings (SSSR count). The third-order valence-corrected chi connectivity index (χ3v) is 5.30. The molecule has 0 aliphatic carbocycles. The lowest BCUT2D eigenvalue weighted by Gasteiger charge is -2.28. The summed E-state index contributed by atoms with van der Waals surface area (Å²) in [6, 6.07) is 8.05. The largest absolute Gasteiger partial charge is 0.434 e. The number of thiazole rings is 1. The molecule has 2 N–H and O–H groups in total. The van der Waals surface area contributed by atoms with E-state index in [0.29, 0.717) is 30.6 Å². The quantitative estimate of drug-likeness (QED) is 0.339. The van der Waals surface area contributed by atoms with E-state index in [1.54, 1.807) is 4.90 Å². The Kier molecular flexibility index (Phi) is 8.89. The van der Waals surface area contributed by atoms with Crippen molar-refractivity contribution in [3.05, 3.63) is 51.5 Å². The minimum absolute atomic E-state index is 0. The highest BCUT2D eigenvalue weighted by Gasteiger charge is 2.33. The smallest absolute Gasteiger partial charge is 0.357 e. The van der Waals surface area contributed by atoms with Crippen molar-refractivity contribution in [2.24, 2.45) is 4.99 Å². The number of guanidine groups is 1. The normalized spacial score (nSPS) is 14.0. The highest BCUT2D eigenvalue weighted by atomic mass is 127. The number of hydrogen-bond donors (Lipinski definition) is 2. The molecule has 0 fully saturated rings. The zero-order chi connectivity index (χ0) is 20.9. The minimum atomic E-state index is -4.45. The number of amides is 1. The average molecular weight is 553 g/mol. The lowest BCUT2D eigenvalue weighted by molar-refractivity contribution is -0.140. The van der Waals surface area contributed by atoms with Crippen molar-refractivity contribution in [2.75, 3.05) is 19.6 Å². The summed E-state index contributed by atoms with van der Waals surface area (Å²) in [6.07, 6.45) is -3.64. The van der Waals surface area contributed by atoms with E-state index in [1.165, 1.54) is 5.56 Å². The Bertz CT molecular complexity index is 887. The molecule has 0 atom stereocenters. The molecule has 0 radical (unpaired) electrons. The van der Waals surface area contributed by atoms with E-state index in [4.69, 9.17) is 0 Å². The van der Waals surface area contributed by atoms with Gasteiger partial charge in [0.1, 0.15) is 11.6 Å². The minimum Gasteiger partial charge on any atom is -0.357 e. The van der Waals surface area contributed by atoms with Gasteiger partial charge in [0, 0.05) is 25.0 Å². The summed E-state index contributed by atoms with van der Waals surface area (Å²) in [5.41, 5.74) is 1.50. The molecular weight excluding hydrogens is 530 g/mol. The Morgan fingerprint density at radius 2 is 2.00 bits per heavy atom. The first-order valence-electron chi connectivity index (χ1n) is 9.25. The number of carbonyl (C=O) groups is 1. The Balaban J connectivity index is 0.00000320. The molecular formula is C19H23F3IN5OS. The van der Waals surface area contributed by atoms with Crippen LogP contribution in [0, 0.1) is 0 Å². The van der Waals surface area contributed by atoms with Gasteiger partial charge in [-0.2, -0.15) is 13.2 Å². The van der Waals surface area contributed by atoms with E-state index in [9.17, 15) is 18.0 Å². The molecule has 1 aliphatic rings. The van der Waals surface area contributed by atoms with Gasteiger partial charge in [0.2, 0.25) is 5.91 Å². The second kappa shape index (κ2) is 10.9. The molecule has 0 saturated carbocycles. The van der Waals surface area contributed by atoms with Crippen molar-refractivity contribution in [3.8, 4) is 0 Å². The van der Waals surface area contributed by atoms with Crippen molar-refractivity contribution in [1.82, 2.24) is 20.5 Å². The average Bonchev–Trinajstić information content (AvgIpc) is 3.19. The first kappa shape index (κ1) is 24.4. The lowest BCUT2D eigenvalue weighted by atomic mass is 10.00. The summed E-state index contributed by atoms with van der Waals surface area (Å²) >= 11 is 0.926. The van der Waals surface area contributed by atoms with Crippen molar-refractivity contribution in [2.45, 2.75) is 32.6 Å². The third kappa shape index (κ3) is 6.56.